The minimum atomic E-state index is -0.632. The van der Waals surface area contributed by atoms with E-state index in [-0.39, 0.29) is 16.9 Å². The van der Waals surface area contributed by atoms with Gasteiger partial charge in [-0.3, -0.25) is 14.9 Å². The molecule has 0 saturated heterocycles. The van der Waals surface area contributed by atoms with Crippen molar-refractivity contribution >= 4 is 34.3 Å². The molecule has 0 bridgehead atoms. The molecule has 0 aliphatic heterocycles. The van der Waals surface area contributed by atoms with E-state index in [1.807, 2.05) is 66.9 Å². The highest BCUT2D eigenvalue weighted by Gasteiger charge is 2.14. The van der Waals surface area contributed by atoms with Gasteiger partial charge in [0, 0.05) is 47.0 Å². The van der Waals surface area contributed by atoms with Gasteiger partial charge in [0.2, 0.25) is 0 Å². The molecule has 0 radical (unpaired) electrons. The zero-order chi connectivity index (χ0) is 22.5. The second kappa shape index (κ2) is 8.98. The van der Waals surface area contributed by atoms with Crippen molar-refractivity contribution in [2.75, 3.05) is 5.32 Å². The normalized spacial score (nSPS) is 11.2. The Hall–Kier alpha value is -4.70. The number of nitrogens with zero attached hydrogens (tertiary/aromatic N) is 3. The average Bonchev–Trinajstić information content (AvgIpc) is 3.15. The third kappa shape index (κ3) is 4.40. The quantitative estimate of drug-likeness (QED) is 0.201. The summed E-state index contributed by atoms with van der Waals surface area (Å²) < 4.78 is 2.07. The molecule has 0 fully saturated rings. The number of hydrogen-bond donors (Lipinski definition) is 1. The zero-order valence-electron chi connectivity index (χ0n) is 16.9. The molecule has 1 amide bonds. The molecule has 4 rings (SSSR count). The van der Waals surface area contributed by atoms with Crippen LogP contribution in [0.3, 0.4) is 0 Å². The molecule has 1 N–H and O–H groups in total. The fourth-order valence-electron chi connectivity index (χ4n) is 3.50. The van der Waals surface area contributed by atoms with Crippen molar-refractivity contribution in [2.24, 2.45) is 0 Å². The van der Waals surface area contributed by atoms with E-state index in [0.29, 0.717) is 6.54 Å². The largest absolute Gasteiger partial charge is 0.342 e. The zero-order valence-corrected chi connectivity index (χ0v) is 16.9. The molecular weight excluding hydrogens is 404 g/mol. The summed E-state index contributed by atoms with van der Waals surface area (Å²) in [6.45, 7) is 0.650. The second-order valence-corrected chi connectivity index (χ2v) is 7.15. The molecule has 0 aliphatic carbocycles. The van der Waals surface area contributed by atoms with Gasteiger partial charge >= 0.3 is 0 Å². The van der Waals surface area contributed by atoms with Crippen LogP contribution < -0.4 is 5.32 Å². The highest BCUT2D eigenvalue weighted by Crippen LogP contribution is 2.25. The molecule has 0 atom stereocenters. The van der Waals surface area contributed by atoms with Crippen molar-refractivity contribution in [3.63, 3.8) is 0 Å². The lowest BCUT2D eigenvalue weighted by atomic mass is 10.1. The van der Waals surface area contributed by atoms with Gasteiger partial charge in [0.05, 0.1) is 4.92 Å². The Labute approximate surface area is 184 Å². The first-order valence-corrected chi connectivity index (χ1v) is 9.84. The van der Waals surface area contributed by atoms with Crippen molar-refractivity contribution < 1.29 is 9.72 Å². The number of benzene rings is 3. The number of anilines is 1. The molecular formula is C25H18N4O3. The minimum Gasteiger partial charge on any atom is -0.342 e. The number of carbonyl (C=O) groups excluding carboxylic acids is 1. The predicted molar refractivity (Wildman–Crippen MR) is 123 cm³/mol. The van der Waals surface area contributed by atoms with Gasteiger partial charge in [0.25, 0.3) is 11.6 Å². The summed E-state index contributed by atoms with van der Waals surface area (Å²) in [5.41, 5.74) is 2.86. The summed E-state index contributed by atoms with van der Waals surface area (Å²) in [7, 11) is 0. The van der Waals surface area contributed by atoms with Crippen LogP contribution in [0.2, 0.25) is 0 Å². The van der Waals surface area contributed by atoms with Crippen molar-refractivity contribution in [1.29, 1.82) is 5.26 Å². The number of hydrogen-bond acceptors (Lipinski definition) is 4. The standard InChI is InChI=1S/C25H18N4O3/c26-15-19(25(30)27-21-9-6-10-22(14-21)29(31)32)13-20-17-28(16-18-7-2-1-3-8-18)24-12-5-4-11-23(20)24/h1-14,17H,16H2,(H,27,30)/b19-13+. The summed E-state index contributed by atoms with van der Waals surface area (Å²) in [6, 6.07) is 25.3. The van der Waals surface area contributed by atoms with E-state index < -0.39 is 10.8 Å². The highest BCUT2D eigenvalue weighted by molar-refractivity contribution is 6.10. The number of aromatic nitrogens is 1. The second-order valence-electron chi connectivity index (χ2n) is 7.15. The maximum atomic E-state index is 12.7. The number of fused-ring (bicyclic) bond motifs is 1. The minimum absolute atomic E-state index is 0.0980. The number of nitrogens with one attached hydrogen (secondary N) is 1. The molecule has 4 aromatic rings. The monoisotopic (exact) mass is 422 g/mol. The van der Waals surface area contributed by atoms with E-state index in [1.165, 1.54) is 30.3 Å². The van der Waals surface area contributed by atoms with Gasteiger partial charge in [-0.25, -0.2) is 0 Å². The van der Waals surface area contributed by atoms with Crippen LogP contribution in [0.1, 0.15) is 11.1 Å². The summed E-state index contributed by atoms with van der Waals surface area (Å²) >= 11 is 0. The molecule has 7 nitrogen and oxygen atoms in total. The highest BCUT2D eigenvalue weighted by atomic mass is 16.6. The number of nitro groups is 1. The van der Waals surface area contributed by atoms with Crippen LogP contribution in [-0.2, 0) is 11.3 Å². The number of non-ortho nitro benzene ring substituents is 1. The van der Waals surface area contributed by atoms with E-state index in [4.69, 9.17) is 0 Å². The molecule has 0 aliphatic rings. The van der Waals surface area contributed by atoms with Gasteiger partial charge in [0.15, 0.2) is 0 Å². The first-order valence-electron chi connectivity index (χ1n) is 9.84. The summed E-state index contributed by atoms with van der Waals surface area (Å²) in [6.07, 6.45) is 3.45. The molecule has 1 heterocycles. The molecule has 32 heavy (non-hydrogen) atoms. The van der Waals surface area contributed by atoms with Crippen LogP contribution in [-0.4, -0.2) is 15.4 Å². The van der Waals surface area contributed by atoms with Crippen LogP contribution in [0, 0.1) is 21.4 Å². The number of nitriles is 1. The van der Waals surface area contributed by atoms with E-state index in [9.17, 15) is 20.2 Å². The van der Waals surface area contributed by atoms with Crippen LogP contribution in [0.25, 0.3) is 17.0 Å². The molecule has 0 saturated carbocycles. The fourth-order valence-corrected chi connectivity index (χ4v) is 3.50. The number of rotatable bonds is 6. The van der Waals surface area contributed by atoms with Crippen LogP contribution >= 0.6 is 0 Å². The molecule has 0 spiro atoms. The Morgan fingerprint density at radius 1 is 1.06 bits per heavy atom. The maximum absolute atomic E-state index is 12.7. The van der Waals surface area contributed by atoms with E-state index in [1.54, 1.807) is 0 Å². The van der Waals surface area contributed by atoms with Crippen LogP contribution in [0.5, 0.6) is 0 Å². The molecule has 1 aromatic heterocycles. The van der Waals surface area contributed by atoms with E-state index in [2.05, 4.69) is 9.88 Å². The Kier molecular flexibility index (Phi) is 5.77. The predicted octanol–water partition coefficient (Wildman–Crippen LogP) is 5.14. The topological polar surface area (TPSA) is 101 Å². The fraction of sp³-hybridized carbons (Fsp3) is 0.0400. The van der Waals surface area contributed by atoms with Gasteiger partial charge in [-0.1, -0.05) is 54.6 Å². The first-order chi connectivity index (χ1) is 15.5. The smallest absolute Gasteiger partial charge is 0.271 e. The molecule has 7 heteroatoms. The van der Waals surface area contributed by atoms with Gasteiger partial charge in [-0.05, 0) is 23.8 Å². The third-order valence-corrected chi connectivity index (χ3v) is 4.99. The lowest BCUT2D eigenvalue weighted by Gasteiger charge is -2.05. The maximum Gasteiger partial charge on any atom is 0.271 e. The number of carbonyl (C=O) groups is 1. The van der Waals surface area contributed by atoms with E-state index >= 15 is 0 Å². The summed E-state index contributed by atoms with van der Waals surface area (Å²) in [5, 5.41) is 24.0. The van der Waals surface area contributed by atoms with Crippen molar-refractivity contribution in [3.05, 3.63) is 112 Å². The third-order valence-electron chi connectivity index (χ3n) is 4.99. The van der Waals surface area contributed by atoms with Crippen LogP contribution in [0.4, 0.5) is 11.4 Å². The first kappa shape index (κ1) is 20.6. The van der Waals surface area contributed by atoms with Gasteiger partial charge in [0.1, 0.15) is 11.6 Å². The lowest BCUT2D eigenvalue weighted by Crippen LogP contribution is -2.13. The molecule has 0 unspecified atom stereocenters. The lowest BCUT2D eigenvalue weighted by molar-refractivity contribution is -0.384. The Morgan fingerprint density at radius 3 is 2.56 bits per heavy atom. The Morgan fingerprint density at radius 2 is 1.81 bits per heavy atom. The SMILES string of the molecule is N#C/C(=C\c1cn(Cc2ccccc2)c2ccccc12)C(=O)Nc1cccc([N+](=O)[O-])c1. The van der Waals surface area contributed by atoms with Crippen molar-refractivity contribution in [3.8, 4) is 6.07 Å². The number of amides is 1. The van der Waals surface area contributed by atoms with E-state index in [0.717, 1.165) is 22.0 Å². The number of nitro benzene ring substituents is 1. The van der Waals surface area contributed by atoms with Crippen molar-refractivity contribution in [1.82, 2.24) is 4.57 Å². The molecule has 156 valence electrons. The van der Waals surface area contributed by atoms with Gasteiger partial charge in [-0.15, -0.1) is 0 Å². The molecule has 3 aromatic carbocycles. The Balaban J connectivity index is 1.66. The van der Waals surface area contributed by atoms with Gasteiger partial charge in [-0.2, -0.15) is 5.26 Å². The van der Waals surface area contributed by atoms with Crippen molar-refractivity contribution in [2.45, 2.75) is 6.54 Å². The average molecular weight is 422 g/mol. The summed E-state index contributed by atoms with van der Waals surface area (Å²) in [4.78, 5) is 23.1. The number of para-hydroxylation sites is 1. The Bertz CT molecular complexity index is 1380. The van der Waals surface area contributed by atoms with Crippen LogP contribution in [0.15, 0.2) is 90.6 Å². The van der Waals surface area contributed by atoms with Gasteiger partial charge < -0.3 is 9.88 Å². The summed E-state index contributed by atoms with van der Waals surface area (Å²) in [5.74, 6) is -0.632.